The van der Waals surface area contributed by atoms with Crippen molar-refractivity contribution in [2.45, 2.75) is 27.7 Å². The number of rotatable bonds is 5. The SMILES string of the molecule is Cc1cc(C)c(NC(=O)c2sc(NC(=O)Nc3ccc(C(=O)O)cc3)nc2C)c(C)c1. The topological polar surface area (TPSA) is 120 Å². The lowest BCUT2D eigenvalue weighted by molar-refractivity contribution is 0.0696. The second-order valence-electron chi connectivity index (χ2n) is 7.12. The minimum atomic E-state index is -1.05. The van der Waals surface area contributed by atoms with Crippen LogP contribution in [0.15, 0.2) is 36.4 Å². The zero-order valence-corrected chi connectivity index (χ0v) is 18.3. The normalized spacial score (nSPS) is 10.5. The van der Waals surface area contributed by atoms with Crippen LogP contribution in [-0.4, -0.2) is 28.0 Å². The van der Waals surface area contributed by atoms with E-state index in [2.05, 4.69) is 20.9 Å². The first-order chi connectivity index (χ1) is 14.6. The van der Waals surface area contributed by atoms with Crippen LogP contribution in [0.2, 0.25) is 0 Å². The molecule has 4 N–H and O–H groups in total. The highest BCUT2D eigenvalue weighted by molar-refractivity contribution is 7.17. The van der Waals surface area contributed by atoms with E-state index in [-0.39, 0.29) is 16.6 Å². The highest BCUT2D eigenvalue weighted by atomic mass is 32.1. The molecule has 3 amide bonds. The molecule has 0 saturated heterocycles. The fourth-order valence-corrected chi connectivity index (χ4v) is 4.02. The molecule has 0 aliphatic carbocycles. The van der Waals surface area contributed by atoms with E-state index in [0.29, 0.717) is 16.3 Å². The summed E-state index contributed by atoms with van der Waals surface area (Å²) in [5.74, 6) is -1.33. The number of urea groups is 1. The quantitative estimate of drug-likeness (QED) is 0.448. The number of nitrogens with zero attached hydrogens (tertiary/aromatic N) is 1. The number of thiazole rings is 1. The molecule has 8 nitrogen and oxygen atoms in total. The highest BCUT2D eigenvalue weighted by Gasteiger charge is 2.18. The number of carbonyl (C=O) groups excluding carboxylic acids is 2. The van der Waals surface area contributed by atoms with E-state index in [1.165, 1.54) is 24.3 Å². The Balaban J connectivity index is 1.68. The second-order valence-corrected chi connectivity index (χ2v) is 8.12. The van der Waals surface area contributed by atoms with Crippen LogP contribution in [0.4, 0.5) is 21.3 Å². The van der Waals surface area contributed by atoms with Gasteiger partial charge in [0.15, 0.2) is 5.13 Å². The molecule has 0 aliphatic rings. The zero-order valence-electron chi connectivity index (χ0n) is 17.5. The minimum absolute atomic E-state index is 0.121. The van der Waals surface area contributed by atoms with Gasteiger partial charge in [0, 0.05) is 11.4 Å². The van der Waals surface area contributed by atoms with Gasteiger partial charge >= 0.3 is 12.0 Å². The number of carboxylic acids is 1. The van der Waals surface area contributed by atoms with Crippen molar-refractivity contribution >= 4 is 45.8 Å². The number of anilines is 3. The number of hydrogen-bond acceptors (Lipinski definition) is 5. The number of aromatic carboxylic acids is 1. The number of aryl methyl sites for hydroxylation is 4. The molecule has 0 aliphatic heterocycles. The summed E-state index contributed by atoms with van der Waals surface area (Å²) in [6.45, 7) is 7.58. The molecule has 31 heavy (non-hydrogen) atoms. The fraction of sp³-hybridized carbons (Fsp3) is 0.182. The third-order valence-electron chi connectivity index (χ3n) is 4.53. The maximum Gasteiger partial charge on any atom is 0.335 e. The first kappa shape index (κ1) is 22.0. The Kier molecular flexibility index (Phi) is 6.36. The van der Waals surface area contributed by atoms with Gasteiger partial charge in [0.2, 0.25) is 0 Å². The van der Waals surface area contributed by atoms with E-state index in [9.17, 15) is 14.4 Å². The predicted molar refractivity (Wildman–Crippen MR) is 121 cm³/mol. The van der Waals surface area contributed by atoms with Crippen molar-refractivity contribution in [1.82, 2.24) is 4.98 Å². The number of hydrogen-bond donors (Lipinski definition) is 4. The van der Waals surface area contributed by atoms with Crippen molar-refractivity contribution in [3.8, 4) is 0 Å². The Morgan fingerprint density at radius 1 is 0.903 bits per heavy atom. The molecule has 0 radical (unpaired) electrons. The van der Waals surface area contributed by atoms with Crippen LogP contribution >= 0.6 is 11.3 Å². The van der Waals surface area contributed by atoms with Crippen LogP contribution in [0.25, 0.3) is 0 Å². The molecule has 3 rings (SSSR count). The van der Waals surface area contributed by atoms with Crippen molar-refractivity contribution in [3.63, 3.8) is 0 Å². The monoisotopic (exact) mass is 438 g/mol. The van der Waals surface area contributed by atoms with Crippen molar-refractivity contribution in [2.75, 3.05) is 16.0 Å². The lowest BCUT2D eigenvalue weighted by Crippen LogP contribution is -2.19. The molecular formula is C22H22N4O4S. The average molecular weight is 439 g/mol. The van der Waals surface area contributed by atoms with E-state index in [0.717, 1.165) is 33.7 Å². The van der Waals surface area contributed by atoms with E-state index in [1.54, 1.807) is 6.92 Å². The maximum absolute atomic E-state index is 12.8. The van der Waals surface area contributed by atoms with Crippen LogP contribution in [0.3, 0.4) is 0 Å². The molecule has 3 aromatic rings. The molecule has 0 bridgehead atoms. The summed E-state index contributed by atoms with van der Waals surface area (Å²) in [6, 6.07) is 9.22. The summed E-state index contributed by atoms with van der Waals surface area (Å²) in [7, 11) is 0. The van der Waals surface area contributed by atoms with Crippen LogP contribution in [-0.2, 0) is 0 Å². The van der Waals surface area contributed by atoms with Crippen LogP contribution < -0.4 is 16.0 Å². The Bertz CT molecular complexity index is 1150. The van der Waals surface area contributed by atoms with E-state index < -0.39 is 12.0 Å². The third-order valence-corrected chi connectivity index (χ3v) is 5.60. The van der Waals surface area contributed by atoms with Crippen molar-refractivity contribution in [2.24, 2.45) is 0 Å². The summed E-state index contributed by atoms with van der Waals surface area (Å²) in [5.41, 5.74) is 4.89. The smallest absolute Gasteiger partial charge is 0.335 e. The third kappa shape index (κ3) is 5.26. The summed E-state index contributed by atoms with van der Waals surface area (Å²) >= 11 is 1.07. The summed E-state index contributed by atoms with van der Waals surface area (Å²) in [6.07, 6.45) is 0. The largest absolute Gasteiger partial charge is 0.478 e. The Hall–Kier alpha value is -3.72. The summed E-state index contributed by atoms with van der Waals surface area (Å²) in [5, 5.41) is 17.3. The highest BCUT2D eigenvalue weighted by Crippen LogP contribution is 2.27. The molecule has 1 aromatic heterocycles. The fourth-order valence-electron chi connectivity index (χ4n) is 3.16. The summed E-state index contributed by atoms with van der Waals surface area (Å²) in [4.78, 5) is 40.6. The molecule has 2 aromatic carbocycles. The van der Waals surface area contributed by atoms with Crippen molar-refractivity contribution < 1.29 is 19.5 Å². The van der Waals surface area contributed by atoms with Gasteiger partial charge in [0.05, 0.1) is 11.3 Å². The predicted octanol–water partition coefficient (Wildman–Crippen LogP) is 4.97. The minimum Gasteiger partial charge on any atom is -0.478 e. The zero-order chi connectivity index (χ0) is 22.7. The lowest BCUT2D eigenvalue weighted by atomic mass is 10.1. The molecule has 0 spiro atoms. The van der Waals surface area contributed by atoms with Crippen LogP contribution in [0.1, 0.15) is 42.4 Å². The number of aromatic nitrogens is 1. The number of carbonyl (C=O) groups is 3. The van der Waals surface area contributed by atoms with E-state index in [4.69, 9.17) is 5.11 Å². The number of benzene rings is 2. The number of carboxylic acid groups (broad SMARTS) is 1. The van der Waals surface area contributed by atoms with E-state index in [1.807, 2.05) is 32.9 Å². The molecule has 9 heteroatoms. The first-order valence-corrected chi connectivity index (χ1v) is 10.2. The van der Waals surface area contributed by atoms with Gasteiger partial charge in [-0.2, -0.15) is 0 Å². The molecule has 1 heterocycles. The van der Waals surface area contributed by atoms with Gasteiger partial charge in [-0.15, -0.1) is 0 Å². The number of amides is 3. The van der Waals surface area contributed by atoms with Gasteiger partial charge in [-0.05, 0) is 63.1 Å². The standard InChI is InChI=1S/C22H22N4O4S/c1-11-9-12(2)17(13(3)10-11)25-19(27)18-14(4)23-22(31-18)26-21(30)24-16-7-5-15(6-8-16)20(28)29/h5-10H,1-4H3,(H,25,27)(H,28,29)(H2,23,24,26,30). The molecule has 0 saturated carbocycles. The average Bonchev–Trinajstić information content (AvgIpc) is 3.04. The molecule has 0 fully saturated rings. The van der Waals surface area contributed by atoms with Gasteiger partial charge in [-0.3, -0.25) is 10.1 Å². The Labute approximate surface area is 183 Å². The maximum atomic E-state index is 12.8. The molecule has 0 atom stereocenters. The van der Waals surface area contributed by atoms with Gasteiger partial charge < -0.3 is 15.7 Å². The van der Waals surface area contributed by atoms with Gasteiger partial charge in [0.25, 0.3) is 5.91 Å². The van der Waals surface area contributed by atoms with Crippen molar-refractivity contribution in [3.05, 3.63) is 69.2 Å². The Morgan fingerprint density at radius 3 is 2.10 bits per heavy atom. The van der Waals surface area contributed by atoms with Gasteiger partial charge in [0.1, 0.15) is 4.88 Å². The van der Waals surface area contributed by atoms with Gasteiger partial charge in [-0.25, -0.2) is 14.6 Å². The van der Waals surface area contributed by atoms with Crippen molar-refractivity contribution in [1.29, 1.82) is 0 Å². The second kappa shape index (κ2) is 8.97. The molecule has 0 unspecified atom stereocenters. The van der Waals surface area contributed by atoms with Gasteiger partial charge in [-0.1, -0.05) is 29.0 Å². The lowest BCUT2D eigenvalue weighted by Gasteiger charge is -2.12. The van der Waals surface area contributed by atoms with Crippen LogP contribution in [0.5, 0.6) is 0 Å². The number of nitrogens with one attached hydrogen (secondary N) is 3. The van der Waals surface area contributed by atoms with E-state index >= 15 is 0 Å². The molecular weight excluding hydrogens is 416 g/mol. The summed E-state index contributed by atoms with van der Waals surface area (Å²) < 4.78 is 0. The molecule has 160 valence electrons. The first-order valence-electron chi connectivity index (χ1n) is 9.42. The van der Waals surface area contributed by atoms with Crippen LogP contribution in [0, 0.1) is 27.7 Å². The Morgan fingerprint density at radius 2 is 1.52 bits per heavy atom.